The van der Waals surface area contributed by atoms with Crippen LogP contribution in [0.5, 0.6) is 0 Å². The maximum atomic E-state index is 11.2. The number of hydrogen-bond donors (Lipinski definition) is 0. The number of hydrogen-bond acceptors (Lipinski definition) is 2. The molecule has 0 spiro atoms. The first kappa shape index (κ1) is 9.74. The zero-order chi connectivity index (χ0) is 9.35. The van der Waals surface area contributed by atoms with Crippen LogP contribution in [0.2, 0.25) is 0 Å². The topological polar surface area (TPSA) is 34.1 Å². The Balaban J connectivity index is 3.47. The normalized spacial score (nSPS) is 11.6. The molecular formula is C8H9BrO2S. The minimum atomic E-state index is -3.10. The highest BCUT2D eigenvalue weighted by molar-refractivity contribution is 9.10. The Bertz CT molecular complexity index is 396. The van der Waals surface area contributed by atoms with E-state index in [4.69, 9.17) is 0 Å². The molecule has 0 atom stereocenters. The SMILES string of the molecule is Cc1cccc(S(C)(=O)=O)c1Br. The number of rotatable bonds is 1. The number of benzene rings is 1. The molecule has 0 aliphatic carbocycles. The van der Waals surface area contributed by atoms with Crippen molar-refractivity contribution < 1.29 is 8.42 Å². The van der Waals surface area contributed by atoms with Crippen molar-refractivity contribution in [2.45, 2.75) is 11.8 Å². The van der Waals surface area contributed by atoms with Crippen LogP contribution in [0.4, 0.5) is 0 Å². The van der Waals surface area contributed by atoms with Gasteiger partial charge in [0.05, 0.1) is 4.90 Å². The monoisotopic (exact) mass is 248 g/mol. The second kappa shape index (κ2) is 3.18. The van der Waals surface area contributed by atoms with E-state index in [1.54, 1.807) is 12.1 Å². The van der Waals surface area contributed by atoms with Gasteiger partial charge in [-0.1, -0.05) is 12.1 Å². The average molecular weight is 249 g/mol. The molecule has 0 aliphatic rings. The Hall–Kier alpha value is -0.350. The molecule has 0 aliphatic heterocycles. The van der Waals surface area contributed by atoms with Gasteiger partial charge in [0.15, 0.2) is 9.84 Å². The van der Waals surface area contributed by atoms with E-state index in [-0.39, 0.29) is 0 Å². The van der Waals surface area contributed by atoms with Crippen LogP contribution in [-0.2, 0) is 9.84 Å². The van der Waals surface area contributed by atoms with Gasteiger partial charge in [-0.2, -0.15) is 0 Å². The predicted octanol–water partition coefficient (Wildman–Crippen LogP) is 2.16. The van der Waals surface area contributed by atoms with Gasteiger partial charge >= 0.3 is 0 Å². The lowest BCUT2D eigenvalue weighted by Gasteiger charge is -2.03. The van der Waals surface area contributed by atoms with Crippen LogP contribution in [-0.4, -0.2) is 14.7 Å². The van der Waals surface area contributed by atoms with Crippen molar-refractivity contribution >= 4 is 25.8 Å². The van der Waals surface area contributed by atoms with Gasteiger partial charge in [0.2, 0.25) is 0 Å². The standard InChI is InChI=1S/C8H9BrO2S/c1-6-4-3-5-7(8(6)9)12(2,10)11/h3-5H,1-2H3. The van der Waals surface area contributed by atoms with E-state index < -0.39 is 9.84 Å². The summed E-state index contributed by atoms with van der Waals surface area (Å²) in [4.78, 5) is 0.350. The summed E-state index contributed by atoms with van der Waals surface area (Å²) in [6.07, 6.45) is 1.20. The molecule has 1 aromatic rings. The van der Waals surface area contributed by atoms with Crippen LogP contribution in [0.15, 0.2) is 27.6 Å². The average Bonchev–Trinajstić information content (AvgIpc) is 1.92. The van der Waals surface area contributed by atoms with Crippen LogP contribution < -0.4 is 0 Å². The molecule has 0 radical (unpaired) electrons. The number of sulfone groups is 1. The van der Waals surface area contributed by atoms with Crippen LogP contribution >= 0.6 is 15.9 Å². The minimum absolute atomic E-state index is 0.350. The molecule has 0 heterocycles. The van der Waals surface area contributed by atoms with Gasteiger partial charge < -0.3 is 0 Å². The highest BCUT2D eigenvalue weighted by atomic mass is 79.9. The second-order valence-corrected chi connectivity index (χ2v) is 5.44. The van der Waals surface area contributed by atoms with E-state index in [9.17, 15) is 8.42 Å². The van der Waals surface area contributed by atoms with Gasteiger partial charge in [0, 0.05) is 10.7 Å². The highest BCUT2D eigenvalue weighted by Gasteiger charge is 2.11. The predicted molar refractivity (Wildman–Crippen MR) is 52.0 cm³/mol. The zero-order valence-electron chi connectivity index (χ0n) is 6.83. The molecule has 0 saturated carbocycles. The molecule has 1 rings (SSSR count). The molecule has 4 heteroatoms. The van der Waals surface area contributed by atoms with Crippen molar-refractivity contribution in [1.29, 1.82) is 0 Å². The third-order valence-electron chi connectivity index (χ3n) is 1.56. The van der Waals surface area contributed by atoms with Crippen molar-refractivity contribution in [3.8, 4) is 0 Å². The van der Waals surface area contributed by atoms with Crippen molar-refractivity contribution in [2.24, 2.45) is 0 Å². The van der Waals surface area contributed by atoms with Crippen LogP contribution in [0.1, 0.15) is 5.56 Å². The molecule has 2 nitrogen and oxygen atoms in total. The van der Waals surface area contributed by atoms with E-state index in [1.165, 1.54) is 6.26 Å². The first-order valence-electron chi connectivity index (χ1n) is 3.38. The van der Waals surface area contributed by atoms with E-state index in [0.717, 1.165) is 5.56 Å². The Morgan fingerprint density at radius 1 is 1.33 bits per heavy atom. The summed E-state index contributed by atoms with van der Waals surface area (Å²) in [5.74, 6) is 0. The fraction of sp³-hybridized carbons (Fsp3) is 0.250. The molecule has 0 amide bonds. The Labute approximate surface area is 80.7 Å². The molecular weight excluding hydrogens is 240 g/mol. The van der Waals surface area contributed by atoms with Crippen LogP contribution in [0.25, 0.3) is 0 Å². The maximum Gasteiger partial charge on any atom is 0.176 e. The Morgan fingerprint density at radius 3 is 2.33 bits per heavy atom. The van der Waals surface area contributed by atoms with Crippen molar-refractivity contribution in [2.75, 3.05) is 6.26 Å². The molecule has 0 saturated heterocycles. The first-order valence-corrected chi connectivity index (χ1v) is 6.06. The smallest absolute Gasteiger partial charge is 0.176 e. The highest BCUT2D eigenvalue weighted by Crippen LogP contribution is 2.24. The summed E-state index contributed by atoms with van der Waals surface area (Å²) in [6, 6.07) is 5.18. The van der Waals surface area contributed by atoms with Crippen LogP contribution in [0, 0.1) is 6.92 Å². The molecule has 0 N–H and O–H groups in total. The van der Waals surface area contributed by atoms with E-state index in [2.05, 4.69) is 15.9 Å². The second-order valence-electron chi connectivity index (χ2n) is 2.66. The molecule has 0 aromatic heterocycles. The summed E-state index contributed by atoms with van der Waals surface area (Å²) < 4.78 is 23.0. The third-order valence-corrected chi connectivity index (χ3v) is 4.01. The van der Waals surface area contributed by atoms with Gasteiger partial charge in [-0.3, -0.25) is 0 Å². The summed E-state index contributed by atoms with van der Waals surface area (Å²) >= 11 is 3.24. The van der Waals surface area contributed by atoms with E-state index in [1.807, 2.05) is 13.0 Å². The van der Waals surface area contributed by atoms with Crippen molar-refractivity contribution in [1.82, 2.24) is 0 Å². The van der Waals surface area contributed by atoms with Crippen LogP contribution in [0.3, 0.4) is 0 Å². The molecule has 0 bridgehead atoms. The minimum Gasteiger partial charge on any atom is -0.224 e. The van der Waals surface area contributed by atoms with Crippen molar-refractivity contribution in [3.05, 3.63) is 28.2 Å². The van der Waals surface area contributed by atoms with Gasteiger partial charge in [0.25, 0.3) is 0 Å². The first-order chi connectivity index (χ1) is 5.43. The lowest BCUT2D eigenvalue weighted by molar-refractivity contribution is 0.601. The summed E-state index contributed by atoms with van der Waals surface area (Å²) in [5.41, 5.74) is 0.929. The third kappa shape index (κ3) is 1.87. The maximum absolute atomic E-state index is 11.2. The fourth-order valence-corrected chi connectivity index (χ4v) is 2.87. The van der Waals surface area contributed by atoms with E-state index in [0.29, 0.717) is 9.37 Å². The fourth-order valence-electron chi connectivity index (χ4n) is 0.907. The van der Waals surface area contributed by atoms with Gasteiger partial charge in [-0.25, -0.2) is 8.42 Å². The van der Waals surface area contributed by atoms with Gasteiger partial charge in [-0.05, 0) is 34.5 Å². The number of halogens is 1. The summed E-state index contributed by atoms with van der Waals surface area (Å²) in [7, 11) is -3.10. The Kier molecular flexibility index (Phi) is 2.58. The lowest BCUT2D eigenvalue weighted by Crippen LogP contribution is -1.98. The molecule has 66 valence electrons. The zero-order valence-corrected chi connectivity index (χ0v) is 9.24. The largest absolute Gasteiger partial charge is 0.224 e. The van der Waals surface area contributed by atoms with Gasteiger partial charge in [-0.15, -0.1) is 0 Å². The Morgan fingerprint density at radius 2 is 1.92 bits per heavy atom. The molecule has 12 heavy (non-hydrogen) atoms. The lowest BCUT2D eigenvalue weighted by atomic mass is 10.2. The van der Waals surface area contributed by atoms with Crippen molar-refractivity contribution in [3.63, 3.8) is 0 Å². The molecule has 0 fully saturated rings. The summed E-state index contributed by atoms with van der Waals surface area (Å²) in [5, 5.41) is 0. The quantitative estimate of drug-likeness (QED) is 0.764. The summed E-state index contributed by atoms with van der Waals surface area (Å²) in [6.45, 7) is 1.86. The molecule has 1 aromatic carbocycles. The van der Waals surface area contributed by atoms with Gasteiger partial charge in [0.1, 0.15) is 0 Å². The molecule has 0 unspecified atom stereocenters. The van der Waals surface area contributed by atoms with E-state index >= 15 is 0 Å². The number of aryl methyl sites for hydroxylation is 1.